The second-order valence-corrected chi connectivity index (χ2v) is 3.84. The minimum absolute atomic E-state index is 0.168. The fourth-order valence-electron chi connectivity index (χ4n) is 1.01. The summed E-state index contributed by atoms with van der Waals surface area (Å²) in [6.45, 7) is 0. The third kappa shape index (κ3) is 2.22. The standard InChI is InChI=1S/C9H7BrCl2O2/c1-14-7-3-2-5(11)8(9(7)12)6(13)4-10/h2-3H,4H2,1H3. The van der Waals surface area contributed by atoms with Crippen molar-refractivity contribution in [2.24, 2.45) is 0 Å². The van der Waals surface area contributed by atoms with Crippen LogP contribution in [0.4, 0.5) is 0 Å². The third-order valence-corrected chi connectivity index (χ3v) is 2.88. The molecule has 1 rings (SSSR count). The highest BCUT2D eigenvalue weighted by Gasteiger charge is 2.16. The Morgan fingerprint density at radius 2 is 2.14 bits per heavy atom. The Balaban J connectivity index is 3.32. The molecule has 5 heteroatoms. The van der Waals surface area contributed by atoms with E-state index in [1.54, 1.807) is 12.1 Å². The zero-order valence-corrected chi connectivity index (χ0v) is 10.4. The van der Waals surface area contributed by atoms with E-state index in [1.165, 1.54) is 7.11 Å². The van der Waals surface area contributed by atoms with E-state index >= 15 is 0 Å². The van der Waals surface area contributed by atoms with Crippen LogP contribution >= 0.6 is 39.1 Å². The van der Waals surface area contributed by atoms with Gasteiger partial charge in [-0.1, -0.05) is 39.1 Å². The molecule has 0 unspecified atom stereocenters. The number of Topliss-reactive ketones (excluding diaryl/α,β-unsaturated/α-hetero) is 1. The molecule has 0 saturated heterocycles. The monoisotopic (exact) mass is 296 g/mol. The number of ether oxygens (including phenoxy) is 1. The topological polar surface area (TPSA) is 26.3 Å². The van der Waals surface area contributed by atoms with Gasteiger partial charge in [-0.25, -0.2) is 0 Å². The lowest BCUT2D eigenvalue weighted by Crippen LogP contribution is -2.03. The highest BCUT2D eigenvalue weighted by atomic mass is 79.9. The molecule has 0 fully saturated rings. The molecule has 2 nitrogen and oxygen atoms in total. The van der Waals surface area contributed by atoms with Gasteiger partial charge >= 0.3 is 0 Å². The minimum Gasteiger partial charge on any atom is -0.495 e. The molecule has 0 aliphatic carbocycles. The van der Waals surface area contributed by atoms with Crippen LogP contribution in [0.2, 0.25) is 10.0 Å². The van der Waals surface area contributed by atoms with E-state index in [4.69, 9.17) is 27.9 Å². The van der Waals surface area contributed by atoms with Crippen LogP contribution in [0.3, 0.4) is 0 Å². The van der Waals surface area contributed by atoms with Gasteiger partial charge in [0.2, 0.25) is 0 Å². The molecule has 0 atom stereocenters. The summed E-state index contributed by atoms with van der Waals surface area (Å²) in [4.78, 5) is 11.5. The fourth-order valence-corrected chi connectivity index (χ4v) is 1.95. The summed E-state index contributed by atoms with van der Waals surface area (Å²) in [7, 11) is 1.48. The molecule has 0 radical (unpaired) electrons. The molecular formula is C9H7BrCl2O2. The maximum Gasteiger partial charge on any atom is 0.176 e. The minimum atomic E-state index is -0.168. The molecular weight excluding hydrogens is 291 g/mol. The predicted molar refractivity (Wildman–Crippen MR) is 61.1 cm³/mol. The molecule has 1 aromatic rings. The molecule has 0 aromatic heterocycles. The Morgan fingerprint density at radius 1 is 1.50 bits per heavy atom. The fraction of sp³-hybridized carbons (Fsp3) is 0.222. The predicted octanol–water partition coefficient (Wildman–Crippen LogP) is 3.58. The maximum atomic E-state index is 11.5. The molecule has 0 bridgehead atoms. The van der Waals surface area contributed by atoms with Crippen LogP contribution in [-0.2, 0) is 0 Å². The van der Waals surface area contributed by atoms with Crippen LogP contribution in [-0.4, -0.2) is 18.2 Å². The number of alkyl halides is 1. The SMILES string of the molecule is COc1ccc(Cl)c(C(=O)CBr)c1Cl. The zero-order valence-electron chi connectivity index (χ0n) is 7.31. The maximum absolute atomic E-state index is 11.5. The van der Waals surface area contributed by atoms with Crippen LogP contribution in [0.25, 0.3) is 0 Å². The van der Waals surface area contributed by atoms with Crippen LogP contribution in [0.15, 0.2) is 12.1 Å². The highest BCUT2D eigenvalue weighted by molar-refractivity contribution is 9.09. The summed E-state index contributed by atoms with van der Waals surface area (Å²) in [5.74, 6) is 0.277. The van der Waals surface area contributed by atoms with E-state index in [0.717, 1.165) is 0 Å². The molecule has 0 N–H and O–H groups in total. The second kappa shape index (κ2) is 5.01. The number of carbonyl (C=O) groups excluding carboxylic acids is 1. The summed E-state index contributed by atoms with van der Waals surface area (Å²) in [5.41, 5.74) is 0.296. The van der Waals surface area contributed by atoms with Crippen molar-refractivity contribution in [3.8, 4) is 5.75 Å². The summed E-state index contributed by atoms with van der Waals surface area (Å²) >= 11 is 14.8. The summed E-state index contributed by atoms with van der Waals surface area (Å²) < 4.78 is 4.98. The first kappa shape index (κ1) is 11.8. The van der Waals surface area contributed by atoms with Gasteiger partial charge in [-0.05, 0) is 12.1 Å². The lowest BCUT2D eigenvalue weighted by atomic mass is 10.1. The number of ketones is 1. The van der Waals surface area contributed by atoms with Gasteiger partial charge in [-0.2, -0.15) is 0 Å². The number of halogens is 3. The number of hydrogen-bond acceptors (Lipinski definition) is 2. The van der Waals surface area contributed by atoms with Crippen LogP contribution < -0.4 is 4.74 Å². The van der Waals surface area contributed by atoms with E-state index in [1.807, 2.05) is 0 Å². The lowest BCUT2D eigenvalue weighted by Gasteiger charge is -2.08. The first-order chi connectivity index (χ1) is 6.61. The quantitative estimate of drug-likeness (QED) is 0.630. The molecule has 0 spiro atoms. The summed E-state index contributed by atoms with van der Waals surface area (Å²) in [6, 6.07) is 3.21. The number of benzene rings is 1. The van der Waals surface area contributed by atoms with Gasteiger partial charge in [-0.3, -0.25) is 4.79 Å². The Hall–Kier alpha value is -0.250. The molecule has 0 aliphatic heterocycles. The number of methoxy groups -OCH3 is 1. The Morgan fingerprint density at radius 3 is 2.64 bits per heavy atom. The molecule has 0 saturated carbocycles. The molecule has 1 aromatic carbocycles. The van der Waals surface area contributed by atoms with Crippen molar-refractivity contribution in [3.05, 3.63) is 27.7 Å². The lowest BCUT2D eigenvalue weighted by molar-refractivity contribution is 0.102. The van der Waals surface area contributed by atoms with Gasteiger partial charge in [0.25, 0.3) is 0 Å². The molecule has 14 heavy (non-hydrogen) atoms. The van der Waals surface area contributed by atoms with E-state index < -0.39 is 0 Å². The van der Waals surface area contributed by atoms with E-state index in [-0.39, 0.29) is 16.1 Å². The Kier molecular flexibility index (Phi) is 4.23. The van der Waals surface area contributed by atoms with Crippen molar-refractivity contribution in [2.45, 2.75) is 0 Å². The van der Waals surface area contributed by atoms with Crippen molar-refractivity contribution >= 4 is 44.9 Å². The van der Waals surface area contributed by atoms with Gasteiger partial charge < -0.3 is 4.74 Å². The van der Waals surface area contributed by atoms with Crippen molar-refractivity contribution < 1.29 is 9.53 Å². The third-order valence-electron chi connectivity index (χ3n) is 1.68. The smallest absolute Gasteiger partial charge is 0.176 e. The molecule has 0 amide bonds. The Bertz CT molecular complexity index is 366. The van der Waals surface area contributed by atoms with Gasteiger partial charge in [0.1, 0.15) is 5.75 Å². The van der Waals surface area contributed by atoms with Crippen LogP contribution in [0.5, 0.6) is 5.75 Å². The second-order valence-electron chi connectivity index (χ2n) is 2.50. The first-order valence-corrected chi connectivity index (χ1v) is 5.60. The van der Waals surface area contributed by atoms with E-state index in [0.29, 0.717) is 16.3 Å². The number of rotatable bonds is 3. The first-order valence-electron chi connectivity index (χ1n) is 3.73. The normalized spacial score (nSPS) is 10.0. The van der Waals surface area contributed by atoms with Gasteiger partial charge in [-0.15, -0.1) is 0 Å². The molecule has 0 aliphatic rings. The van der Waals surface area contributed by atoms with Gasteiger partial charge in [0.05, 0.1) is 28.0 Å². The zero-order chi connectivity index (χ0) is 10.7. The number of hydrogen-bond donors (Lipinski definition) is 0. The van der Waals surface area contributed by atoms with Crippen LogP contribution in [0, 0.1) is 0 Å². The number of carbonyl (C=O) groups is 1. The average Bonchev–Trinajstić information content (AvgIpc) is 2.18. The Labute approximate surface area is 100 Å². The largest absolute Gasteiger partial charge is 0.495 e. The summed E-state index contributed by atoms with van der Waals surface area (Å²) in [6.07, 6.45) is 0. The average molecular weight is 298 g/mol. The molecule has 76 valence electrons. The van der Waals surface area contributed by atoms with Crippen molar-refractivity contribution in [3.63, 3.8) is 0 Å². The highest BCUT2D eigenvalue weighted by Crippen LogP contribution is 2.33. The summed E-state index contributed by atoms with van der Waals surface area (Å²) in [5, 5.41) is 0.768. The van der Waals surface area contributed by atoms with E-state index in [2.05, 4.69) is 15.9 Å². The van der Waals surface area contributed by atoms with Crippen molar-refractivity contribution in [1.82, 2.24) is 0 Å². The van der Waals surface area contributed by atoms with Crippen LogP contribution in [0.1, 0.15) is 10.4 Å². The van der Waals surface area contributed by atoms with Crippen molar-refractivity contribution in [1.29, 1.82) is 0 Å². The van der Waals surface area contributed by atoms with Gasteiger partial charge in [0.15, 0.2) is 5.78 Å². The van der Waals surface area contributed by atoms with E-state index in [9.17, 15) is 4.79 Å². The molecule has 0 heterocycles. The van der Waals surface area contributed by atoms with Crippen molar-refractivity contribution in [2.75, 3.05) is 12.4 Å². The van der Waals surface area contributed by atoms with Gasteiger partial charge in [0, 0.05) is 0 Å².